The van der Waals surface area contributed by atoms with Crippen LogP contribution in [-0.4, -0.2) is 5.91 Å². The lowest BCUT2D eigenvalue weighted by Gasteiger charge is -2.10. The maximum absolute atomic E-state index is 12.3. The standard InChI is InChI=1S/C15H13ClINO/c1-9-3-5-12(17)8-14(9)18-15(19)13-6-4-11(16)7-10(13)2/h3-8H,1-2H3,(H,18,19). The van der Waals surface area contributed by atoms with Gasteiger partial charge in [0.2, 0.25) is 0 Å². The molecule has 19 heavy (non-hydrogen) atoms. The minimum absolute atomic E-state index is 0.112. The molecule has 0 saturated heterocycles. The highest BCUT2D eigenvalue weighted by molar-refractivity contribution is 14.1. The van der Waals surface area contributed by atoms with Gasteiger partial charge in [-0.3, -0.25) is 4.79 Å². The third-order valence-electron chi connectivity index (χ3n) is 2.88. The number of carbonyl (C=O) groups is 1. The van der Waals surface area contributed by atoms with E-state index in [1.165, 1.54) is 0 Å². The molecule has 2 aromatic rings. The summed E-state index contributed by atoms with van der Waals surface area (Å²) in [4.78, 5) is 12.3. The molecule has 2 rings (SSSR count). The average Bonchev–Trinajstić information content (AvgIpc) is 2.33. The molecule has 0 heterocycles. The molecule has 0 aliphatic heterocycles. The van der Waals surface area contributed by atoms with Gasteiger partial charge in [-0.2, -0.15) is 0 Å². The molecule has 0 radical (unpaired) electrons. The van der Waals surface area contributed by atoms with Crippen LogP contribution in [0.5, 0.6) is 0 Å². The minimum Gasteiger partial charge on any atom is -0.322 e. The number of nitrogens with one attached hydrogen (secondary N) is 1. The van der Waals surface area contributed by atoms with Crippen molar-refractivity contribution in [2.45, 2.75) is 13.8 Å². The maximum Gasteiger partial charge on any atom is 0.255 e. The first-order valence-electron chi connectivity index (χ1n) is 5.81. The normalized spacial score (nSPS) is 10.3. The van der Waals surface area contributed by atoms with Crippen molar-refractivity contribution in [1.29, 1.82) is 0 Å². The maximum atomic E-state index is 12.3. The summed E-state index contributed by atoms with van der Waals surface area (Å²) < 4.78 is 1.09. The van der Waals surface area contributed by atoms with Gasteiger partial charge in [0.1, 0.15) is 0 Å². The van der Waals surface area contributed by atoms with Gasteiger partial charge in [0.15, 0.2) is 0 Å². The van der Waals surface area contributed by atoms with E-state index in [1.807, 2.05) is 32.0 Å². The van der Waals surface area contributed by atoms with Crippen molar-refractivity contribution in [2.24, 2.45) is 0 Å². The van der Waals surface area contributed by atoms with E-state index in [4.69, 9.17) is 11.6 Å². The number of aryl methyl sites for hydroxylation is 2. The molecular weight excluding hydrogens is 373 g/mol. The fourth-order valence-electron chi connectivity index (χ4n) is 1.80. The second-order valence-corrected chi connectivity index (χ2v) is 6.05. The van der Waals surface area contributed by atoms with E-state index in [0.29, 0.717) is 10.6 Å². The van der Waals surface area contributed by atoms with E-state index < -0.39 is 0 Å². The Balaban J connectivity index is 2.28. The molecule has 98 valence electrons. The Hall–Kier alpha value is -1.07. The van der Waals surface area contributed by atoms with Gasteiger partial charge in [0.05, 0.1) is 0 Å². The van der Waals surface area contributed by atoms with E-state index >= 15 is 0 Å². The Bertz CT molecular complexity index is 640. The third-order valence-corrected chi connectivity index (χ3v) is 3.79. The summed E-state index contributed by atoms with van der Waals surface area (Å²) in [5.74, 6) is -0.112. The number of hydrogen-bond acceptors (Lipinski definition) is 1. The van der Waals surface area contributed by atoms with Crippen LogP contribution in [0.3, 0.4) is 0 Å². The van der Waals surface area contributed by atoms with Gasteiger partial charge in [0.25, 0.3) is 5.91 Å². The number of amides is 1. The third kappa shape index (κ3) is 3.48. The van der Waals surface area contributed by atoms with Crippen LogP contribution in [0.2, 0.25) is 5.02 Å². The van der Waals surface area contributed by atoms with E-state index in [1.54, 1.807) is 18.2 Å². The number of anilines is 1. The average molecular weight is 386 g/mol. The number of halogens is 2. The largest absolute Gasteiger partial charge is 0.322 e. The van der Waals surface area contributed by atoms with Crippen molar-refractivity contribution in [3.05, 3.63) is 61.7 Å². The van der Waals surface area contributed by atoms with Crippen LogP contribution >= 0.6 is 34.2 Å². The van der Waals surface area contributed by atoms with Crippen LogP contribution in [-0.2, 0) is 0 Å². The molecule has 0 aliphatic carbocycles. The highest BCUT2D eigenvalue weighted by Gasteiger charge is 2.10. The lowest BCUT2D eigenvalue weighted by atomic mass is 10.1. The van der Waals surface area contributed by atoms with Gasteiger partial charge in [-0.05, 0) is 77.9 Å². The van der Waals surface area contributed by atoms with Crippen LogP contribution in [0.25, 0.3) is 0 Å². The second-order valence-electron chi connectivity index (χ2n) is 4.37. The molecule has 2 aromatic carbocycles. The number of hydrogen-bond donors (Lipinski definition) is 1. The Morgan fingerprint density at radius 1 is 1.11 bits per heavy atom. The molecule has 0 aliphatic rings. The number of rotatable bonds is 2. The fourth-order valence-corrected chi connectivity index (χ4v) is 2.52. The molecule has 0 atom stereocenters. The zero-order chi connectivity index (χ0) is 14.0. The first kappa shape index (κ1) is 14.3. The molecule has 4 heteroatoms. The first-order valence-corrected chi connectivity index (χ1v) is 7.26. The van der Waals surface area contributed by atoms with E-state index in [0.717, 1.165) is 20.4 Å². The fraction of sp³-hybridized carbons (Fsp3) is 0.133. The molecule has 0 saturated carbocycles. The quantitative estimate of drug-likeness (QED) is 0.738. The van der Waals surface area contributed by atoms with Gasteiger partial charge in [-0.15, -0.1) is 0 Å². The highest BCUT2D eigenvalue weighted by atomic mass is 127. The van der Waals surface area contributed by atoms with Gasteiger partial charge in [-0.1, -0.05) is 17.7 Å². The SMILES string of the molecule is Cc1ccc(I)cc1NC(=O)c1ccc(Cl)cc1C. The molecule has 0 spiro atoms. The predicted octanol–water partition coefficient (Wildman–Crippen LogP) is 4.81. The van der Waals surface area contributed by atoms with Gasteiger partial charge in [-0.25, -0.2) is 0 Å². The minimum atomic E-state index is -0.112. The predicted molar refractivity (Wildman–Crippen MR) is 88.0 cm³/mol. The summed E-state index contributed by atoms with van der Waals surface area (Å²) in [5.41, 5.74) is 3.39. The summed E-state index contributed by atoms with van der Waals surface area (Å²) in [6.07, 6.45) is 0. The lowest BCUT2D eigenvalue weighted by molar-refractivity contribution is 0.102. The number of carbonyl (C=O) groups excluding carboxylic acids is 1. The Morgan fingerprint density at radius 2 is 1.84 bits per heavy atom. The molecule has 0 aromatic heterocycles. The topological polar surface area (TPSA) is 29.1 Å². The summed E-state index contributed by atoms with van der Waals surface area (Å²) >= 11 is 8.12. The van der Waals surface area contributed by atoms with Crippen molar-refractivity contribution in [3.63, 3.8) is 0 Å². The van der Waals surface area contributed by atoms with Gasteiger partial charge >= 0.3 is 0 Å². The zero-order valence-corrected chi connectivity index (χ0v) is 13.5. The zero-order valence-electron chi connectivity index (χ0n) is 10.6. The van der Waals surface area contributed by atoms with E-state index in [2.05, 4.69) is 27.9 Å². The van der Waals surface area contributed by atoms with Crippen molar-refractivity contribution >= 4 is 45.8 Å². The van der Waals surface area contributed by atoms with Crippen LogP contribution in [0.15, 0.2) is 36.4 Å². The molecule has 1 N–H and O–H groups in total. The Kier molecular flexibility index (Phi) is 4.47. The smallest absolute Gasteiger partial charge is 0.255 e. The van der Waals surface area contributed by atoms with Crippen LogP contribution < -0.4 is 5.32 Å². The summed E-state index contributed by atoms with van der Waals surface area (Å²) in [6, 6.07) is 11.2. The monoisotopic (exact) mass is 385 g/mol. The molecule has 0 bridgehead atoms. The van der Waals surface area contributed by atoms with E-state index in [9.17, 15) is 4.79 Å². The molecular formula is C15H13ClINO. The first-order chi connectivity index (χ1) is 8.97. The van der Waals surface area contributed by atoms with Crippen LogP contribution in [0.4, 0.5) is 5.69 Å². The van der Waals surface area contributed by atoms with Crippen molar-refractivity contribution < 1.29 is 4.79 Å². The van der Waals surface area contributed by atoms with E-state index in [-0.39, 0.29) is 5.91 Å². The molecule has 0 fully saturated rings. The van der Waals surface area contributed by atoms with Gasteiger partial charge in [0, 0.05) is 19.8 Å². The molecule has 0 unspecified atom stereocenters. The van der Waals surface area contributed by atoms with Crippen LogP contribution in [0, 0.1) is 17.4 Å². The second kappa shape index (κ2) is 5.92. The molecule has 1 amide bonds. The lowest BCUT2D eigenvalue weighted by Crippen LogP contribution is -2.14. The van der Waals surface area contributed by atoms with Crippen LogP contribution in [0.1, 0.15) is 21.5 Å². The van der Waals surface area contributed by atoms with Gasteiger partial charge < -0.3 is 5.32 Å². The summed E-state index contributed by atoms with van der Waals surface area (Å²) in [7, 11) is 0. The van der Waals surface area contributed by atoms with Crippen molar-refractivity contribution in [3.8, 4) is 0 Å². The summed E-state index contributed by atoms with van der Waals surface area (Å²) in [5, 5.41) is 3.58. The summed E-state index contributed by atoms with van der Waals surface area (Å²) in [6.45, 7) is 3.85. The highest BCUT2D eigenvalue weighted by Crippen LogP contribution is 2.21. The molecule has 2 nitrogen and oxygen atoms in total. The van der Waals surface area contributed by atoms with Crippen molar-refractivity contribution in [1.82, 2.24) is 0 Å². The van der Waals surface area contributed by atoms with Crippen molar-refractivity contribution in [2.75, 3.05) is 5.32 Å². The Morgan fingerprint density at radius 3 is 2.53 bits per heavy atom. The number of benzene rings is 2. The Labute approximate surface area is 131 Å².